The van der Waals surface area contributed by atoms with Gasteiger partial charge in [-0.2, -0.15) is 0 Å². The Bertz CT molecular complexity index is 837. The molecule has 146 valence electrons. The molecular formula is C23H25NO4. The van der Waals surface area contributed by atoms with Crippen LogP contribution in [0.3, 0.4) is 0 Å². The van der Waals surface area contributed by atoms with E-state index >= 15 is 0 Å². The number of hydrogen-bond donors (Lipinski definition) is 0. The van der Waals surface area contributed by atoms with Crippen LogP contribution in [0.25, 0.3) is 0 Å². The summed E-state index contributed by atoms with van der Waals surface area (Å²) >= 11 is 0. The highest BCUT2D eigenvalue weighted by Crippen LogP contribution is 2.26. The molecule has 2 amide bonds. The van der Waals surface area contributed by atoms with E-state index in [2.05, 4.69) is 0 Å². The minimum atomic E-state index is -0.295. The van der Waals surface area contributed by atoms with Crippen molar-refractivity contribution in [3.8, 4) is 0 Å². The molecule has 0 aliphatic carbocycles. The summed E-state index contributed by atoms with van der Waals surface area (Å²) in [6.07, 6.45) is 2.86. The van der Waals surface area contributed by atoms with Crippen LogP contribution in [0.4, 0.5) is 0 Å². The average Bonchev–Trinajstić information content (AvgIpc) is 2.92. The third-order valence-corrected chi connectivity index (χ3v) is 4.98. The monoisotopic (exact) mass is 379 g/mol. The Morgan fingerprint density at radius 1 is 0.929 bits per heavy atom. The van der Waals surface area contributed by atoms with Crippen molar-refractivity contribution < 1.29 is 19.1 Å². The molecule has 3 rings (SSSR count). The highest BCUT2D eigenvalue weighted by atomic mass is 16.5. The number of rotatable bonds is 8. The van der Waals surface area contributed by atoms with E-state index in [9.17, 15) is 14.4 Å². The first kappa shape index (κ1) is 19.8. The lowest BCUT2D eigenvalue weighted by atomic mass is 10.0. The van der Waals surface area contributed by atoms with E-state index in [4.69, 9.17) is 4.74 Å². The molecule has 2 aromatic rings. The lowest BCUT2D eigenvalue weighted by Crippen LogP contribution is -2.30. The summed E-state index contributed by atoms with van der Waals surface area (Å²) in [6.45, 7) is 3.85. The minimum absolute atomic E-state index is 0.210. The van der Waals surface area contributed by atoms with Gasteiger partial charge in [-0.05, 0) is 43.9 Å². The smallest absolute Gasteiger partial charge is 0.303 e. The Kier molecular flexibility index (Phi) is 6.24. The molecule has 0 spiro atoms. The predicted octanol–water partition coefficient (Wildman–Crippen LogP) is 4.46. The van der Waals surface area contributed by atoms with Crippen molar-refractivity contribution in [3.63, 3.8) is 0 Å². The van der Waals surface area contributed by atoms with E-state index in [1.807, 2.05) is 31.2 Å². The van der Waals surface area contributed by atoms with E-state index in [1.165, 1.54) is 11.8 Å². The van der Waals surface area contributed by atoms with Gasteiger partial charge in [0.15, 0.2) is 0 Å². The van der Waals surface area contributed by atoms with Crippen molar-refractivity contribution in [2.75, 3.05) is 6.54 Å². The van der Waals surface area contributed by atoms with Crippen LogP contribution >= 0.6 is 0 Å². The number of unbranched alkanes of at least 4 members (excludes halogenated alkanes) is 2. The van der Waals surface area contributed by atoms with Gasteiger partial charge in [0, 0.05) is 13.5 Å². The first-order valence-corrected chi connectivity index (χ1v) is 9.66. The number of carbonyl (C=O) groups is 3. The van der Waals surface area contributed by atoms with Gasteiger partial charge in [0.25, 0.3) is 11.8 Å². The lowest BCUT2D eigenvalue weighted by Gasteiger charge is -2.18. The molecule has 0 N–H and O–H groups in total. The summed E-state index contributed by atoms with van der Waals surface area (Å²) in [6, 6.07) is 14.9. The van der Waals surface area contributed by atoms with Gasteiger partial charge in [0.05, 0.1) is 11.1 Å². The molecule has 2 aromatic carbocycles. The van der Waals surface area contributed by atoms with E-state index in [0.29, 0.717) is 24.1 Å². The number of amides is 2. The topological polar surface area (TPSA) is 63.7 Å². The fourth-order valence-corrected chi connectivity index (χ4v) is 3.49. The molecule has 0 saturated heterocycles. The van der Waals surface area contributed by atoms with Gasteiger partial charge in [-0.1, -0.05) is 48.4 Å². The maximum atomic E-state index is 12.4. The Morgan fingerprint density at radius 3 is 2.11 bits per heavy atom. The van der Waals surface area contributed by atoms with Crippen molar-refractivity contribution in [2.45, 2.75) is 45.6 Å². The molecule has 28 heavy (non-hydrogen) atoms. The molecule has 1 aliphatic heterocycles. The Hall–Kier alpha value is -2.95. The van der Waals surface area contributed by atoms with E-state index in [0.717, 1.165) is 30.4 Å². The summed E-state index contributed by atoms with van der Waals surface area (Å²) in [4.78, 5) is 37.5. The second-order valence-corrected chi connectivity index (χ2v) is 7.17. The zero-order chi connectivity index (χ0) is 20.1. The molecule has 5 heteroatoms. The minimum Gasteiger partial charge on any atom is -0.458 e. The number of fused-ring (bicyclic) bond motifs is 1. The van der Waals surface area contributed by atoms with Crippen molar-refractivity contribution in [3.05, 3.63) is 70.8 Å². The van der Waals surface area contributed by atoms with Gasteiger partial charge in [-0.3, -0.25) is 19.3 Å². The first-order valence-electron chi connectivity index (χ1n) is 9.66. The van der Waals surface area contributed by atoms with Crippen molar-refractivity contribution in [2.24, 2.45) is 0 Å². The van der Waals surface area contributed by atoms with Crippen LogP contribution in [0.1, 0.15) is 70.6 Å². The summed E-state index contributed by atoms with van der Waals surface area (Å²) < 4.78 is 5.48. The summed E-state index contributed by atoms with van der Waals surface area (Å²) in [7, 11) is 0. The second-order valence-electron chi connectivity index (χ2n) is 7.17. The maximum Gasteiger partial charge on any atom is 0.303 e. The maximum absolute atomic E-state index is 12.4. The molecule has 1 atom stereocenters. The van der Waals surface area contributed by atoms with Crippen LogP contribution in [0.2, 0.25) is 0 Å². The quantitative estimate of drug-likeness (QED) is 0.386. The van der Waals surface area contributed by atoms with Gasteiger partial charge >= 0.3 is 5.97 Å². The van der Waals surface area contributed by atoms with Crippen LogP contribution in [0, 0.1) is 6.92 Å². The molecule has 5 nitrogen and oxygen atoms in total. The molecular weight excluding hydrogens is 354 g/mol. The average molecular weight is 379 g/mol. The van der Waals surface area contributed by atoms with Crippen molar-refractivity contribution in [1.29, 1.82) is 0 Å². The molecule has 0 radical (unpaired) electrons. The van der Waals surface area contributed by atoms with E-state index in [-0.39, 0.29) is 23.9 Å². The van der Waals surface area contributed by atoms with E-state index < -0.39 is 0 Å². The number of aryl methyl sites for hydroxylation is 1. The standard InChI is InChI=1S/C23H25NO4/c1-16-11-13-18(14-12-16)21(28-17(2)25)10-4-3-7-15-24-22(26)19-8-5-6-9-20(19)23(24)27/h5-6,8-9,11-14,21H,3-4,7,10,15H2,1-2H3. The Balaban J connectivity index is 1.49. The number of benzene rings is 2. The lowest BCUT2D eigenvalue weighted by molar-refractivity contribution is -0.147. The van der Waals surface area contributed by atoms with Crippen molar-refractivity contribution in [1.82, 2.24) is 4.90 Å². The van der Waals surface area contributed by atoms with Gasteiger partial charge in [-0.15, -0.1) is 0 Å². The second kappa shape index (κ2) is 8.83. The Labute approximate surface area is 165 Å². The molecule has 0 bridgehead atoms. The SMILES string of the molecule is CC(=O)OC(CCCCCN1C(=O)c2ccccc2C1=O)c1ccc(C)cc1. The first-order chi connectivity index (χ1) is 13.5. The third-order valence-electron chi connectivity index (χ3n) is 4.98. The number of imide groups is 1. The van der Waals surface area contributed by atoms with Crippen LogP contribution in [0.5, 0.6) is 0 Å². The molecule has 1 heterocycles. The fraction of sp³-hybridized carbons (Fsp3) is 0.348. The highest BCUT2D eigenvalue weighted by Gasteiger charge is 2.34. The zero-order valence-corrected chi connectivity index (χ0v) is 16.3. The van der Waals surface area contributed by atoms with Gasteiger partial charge < -0.3 is 4.74 Å². The summed E-state index contributed by atoms with van der Waals surface area (Å²) in [5, 5.41) is 0. The number of ether oxygens (including phenoxy) is 1. The van der Waals surface area contributed by atoms with Crippen molar-refractivity contribution >= 4 is 17.8 Å². The van der Waals surface area contributed by atoms with Gasteiger partial charge in [0.2, 0.25) is 0 Å². The van der Waals surface area contributed by atoms with Crippen LogP contribution in [-0.4, -0.2) is 29.2 Å². The molecule has 0 fully saturated rings. The Morgan fingerprint density at radius 2 is 1.54 bits per heavy atom. The molecule has 0 aromatic heterocycles. The van der Waals surface area contributed by atoms with Crippen LogP contribution in [0.15, 0.2) is 48.5 Å². The molecule has 0 saturated carbocycles. The number of esters is 1. The highest BCUT2D eigenvalue weighted by molar-refractivity contribution is 6.21. The largest absolute Gasteiger partial charge is 0.458 e. The van der Waals surface area contributed by atoms with Gasteiger partial charge in [0.1, 0.15) is 6.10 Å². The third kappa shape index (κ3) is 4.47. The predicted molar refractivity (Wildman–Crippen MR) is 106 cm³/mol. The number of nitrogens with zero attached hydrogens (tertiary/aromatic N) is 1. The summed E-state index contributed by atoms with van der Waals surface area (Å²) in [5.74, 6) is -0.715. The fourth-order valence-electron chi connectivity index (χ4n) is 3.49. The van der Waals surface area contributed by atoms with Gasteiger partial charge in [-0.25, -0.2) is 0 Å². The molecule has 1 unspecified atom stereocenters. The summed E-state index contributed by atoms with van der Waals surface area (Å²) in [5.41, 5.74) is 3.12. The molecule has 1 aliphatic rings. The van der Waals surface area contributed by atoms with E-state index in [1.54, 1.807) is 24.3 Å². The zero-order valence-electron chi connectivity index (χ0n) is 16.3. The normalized spacial score (nSPS) is 14.1. The number of carbonyl (C=O) groups excluding carboxylic acids is 3. The number of hydrogen-bond acceptors (Lipinski definition) is 4. The van der Waals surface area contributed by atoms with Crippen LogP contribution in [-0.2, 0) is 9.53 Å². The van der Waals surface area contributed by atoms with Crippen LogP contribution < -0.4 is 0 Å².